The van der Waals surface area contributed by atoms with E-state index in [2.05, 4.69) is 0 Å². The first-order valence-electron chi connectivity index (χ1n) is 2.56. The van der Waals surface area contributed by atoms with Crippen LogP contribution in [0.1, 0.15) is 6.92 Å². The quantitative estimate of drug-likeness (QED) is 0.456. The van der Waals surface area contributed by atoms with E-state index in [1.807, 2.05) is 0 Å². The van der Waals surface area contributed by atoms with Crippen LogP contribution in [0, 0.1) is 0 Å². The summed E-state index contributed by atoms with van der Waals surface area (Å²) in [7, 11) is 1.66. The molecule has 0 rings (SSSR count). The smallest absolute Gasteiger partial charge is 0.0965 e. The molecule has 0 aromatic heterocycles. The third-order valence-corrected chi connectivity index (χ3v) is 1.53. The summed E-state index contributed by atoms with van der Waals surface area (Å²) >= 11 is 1.49. The monoisotopic (exact) mass is 136 g/mol. The van der Waals surface area contributed by atoms with Gasteiger partial charge in [-0.1, -0.05) is 0 Å². The zero-order valence-corrected chi connectivity index (χ0v) is 6.07. The Kier molecular flexibility index (Phi) is 5.59. The van der Waals surface area contributed by atoms with Crippen molar-refractivity contribution in [2.45, 2.75) is 12.4 Å². The first kappa shape index (κ1) is 8.27. The van der Waals surface area contributed by atoms with E-state index in [1.54, 1.807) is 14.0 Å². The standard InChI is InChI=1S/C5H12O2S/c1-5(6)8-4-3-7-2/h5-6H,3-4H2,1-2H3. The molecule has 1 N–H and O–H groups in total. The third-order valence-electron chi connectivity index (χ3n) is 0.647. The lowest BCUT2D eigenvalue weighted by Crippen LogP contribution is -1.98. The first-order valence-corrected chi connectivity index (χ1v) is 3.61. The van der Waals surface area contributed by atoms with Crippen molar-refractivity contribution < 1.29 is 9.84 Å². The molecule has 0 aliphatic heterocycles. The maximum atomic E-state index is 8.69. The van der Waals surface area contributed by atoms with E-state index in [1.165, 1.54) is 11.8 Å². The molecule has 0 spiro atoms. The van der Waals surface area contributed by atoms with Gasteiger partial charge < -0.3 is 9.84 Å². The van der Waals surface area contributed by atoms with Crippen LogP contribution in [0.3, 0.4) is 0 Å². The molecule has 1 unspecified atom stereocenters. The molecule has 0 radical (unpaired) electrons. The Morgan fingerprint density at radius 3 is 2.75 bits per heavy atom. The van der Waals surface area contributed by atoms with E-state index < -0.39 is 0 Å². The number of ether oxygens (including phenoxy) is 1. The zero-order chi connectivity index (χ0) is 6.41. The van der Waals surface area contributed by atoms with Crippen LogP contribution in [0.4, 0.5) is 0 Å². The predicted molar refractivity (Wildman–Crippen MR) is 36.0 cm³/mol. The topological polar surface area (TPSA) is 29.5 Å². The highest BCUT2D eigenvalue weighted by molar-refractivity contribution is 7.99. The fraction of sp³-hybridized carbons (Fsp3) is 1.00. The van der Waals surface area contributed by atoms with Gasteiger partial charge in [-0.2, -0.15) is 0 Å². The molecule has 0 saturated carbocycles. The van der Waals surface area contributed by atoms with Gasteiger partial charge in [-0.3, -0.25) is 0 Å². The second-order valence-corrected chi connectivity index (χ2v) is 2.89. The molecule has 3 heteroatoms. The lowest BCUT2D eigenvalue weighted by molar-refractivity contribution is 0.217. The average Bonchev–Trinajstić information content (AvgIpc) is 1.66. The Balaban J connectivity index is 2.72. The maximum absolute atomic E-state index is 8.69. The van der Waals surface area contributed by atoms with Crippen molar-refractivity contribution in [1.82, 2.24) is 0 Å². The molecule has 0 amide bonds. The van der Waals surface area contributed by atoms with E-state index in [9.17, 15) is 0 Å². The number of aliphatic hydroxyl groups is 1. The summed E-state index contributed by atoms with van der Waals surface area (Å²) in [6.45, 7) is 2.47. The Bertz CT molecular complexity index is 47.7. The van der Waals surface area contributed by atoms with Crippen molar-refractivity contribution in [2.24, 2.45) is 0 Å². The molecule has 0 fully saturated rings. The van der Waals surface area contributed by atoms with Crippen LogP contribution in [0.5, 0.6) is 0 Å². The van der Waals surface area contributed by atoms with Crippen LogP contribution in [0.2, 0.25) is 0 Å². The van der Waals surface area contributed by atoms with Crippen molar-refractivity contribution >= 4 is 11.8 Å². The van der Waals surface area contributed by atoms with E-state index >= 15 is 0 Å². The van der Waals surface area contributed by atoms with Gasteiger partial charge in [-0.15, -0.1) is 11.8 Å². The van der Waals surface area contributed by atoms with E-state index in [0.717, 1.165) is 12.4 Å². The van der Waals surface area contributed by atoms with Crippen molar-refractivity contribution in [3.8, 4) is 0 Å². The van der Waals surface area contributed by atoms with Crippen LogP contribution >= 0.6 is 11.8 Å². The van der Waals surface area contributed by atoms with Crippen molar-refractivity contribution in [3.63, 3.8) is 0 Å². The summed E-state index contributed by atoms with van der Waals surface area (Å²) in [4.78, 5) is 0. The number of methoxy groups -OCH3 is 1. The van der Waals surface area contributed by atoms with Gasteiger partial charge in [0.15, 0.2) is 0 Å². The maximum Gasteiger partial charge on any atom is 0.0965 e. The van der Waals surface area contributed by atoms with Gasteiger partial charge in [0.2, 0.25) is 0 Å². The molecule has 0 aliphatic rings. The van der Waals surface area contributed by atoms with Crippen molar-refractivity contribution in [3.05, 3.63) is 0 Å². The molecule has 2 nitrogen and oxygen atoms in total. The second kappa shape index (κ2) is 5.41. The van der Waals surface area contributed by atoms with Crippen LogP contribution in [-0.4, -0.2) is 30.0 Å². The Labute approximate surface area is 54.2 Å². The number of aliphatic hydroxyl groups excluding tert-OH is 1. The normalized spacial score (nSPS) is 13.9. The highest BCUT2D eigenvalue weighted by atomic mass is 32.2. The molecular formula is C5H12O2S. The molecule has 0 aromatic rings. The van der Waals surface area contributed by atoms with Crippen LogP contribution in [-0.2, 0) is 4.74 Å². The largest absolute Gasteiger partial charge is 0.384 e. The summed E-state index contributed by atoms with van der Waals surface area (Å²) in [5.41, 5.74) is -0.259. The molecular weight excluding hydrogens is 124 g/mol. The van der Waals surface area contributed by atoms with Crippen LogP contribution < -0.4 is 0 Å². The van der Waals surface area contributed by atoms with Gasteiger partial charge in [-0.25, -0.2) is 0 Å². The summed E-state index contributed by atoms with van der Waals surface area (Å²) in [5, 5.41) is 8.69. The molecule has 0 heterocycles. The molecule has 50 valence electrons. The first-order chi connectivity index (χ1) is 3.77. The number of hydrogen-bond acceptors (Lipinski definition) is 3. The number of thioether (sulfide) groups is 1. The van der Waals surface area contributed by atoms with Gasteiger partial charge in [0.1, 0.15) is 0 Å². The van der Waals surface area contributed by atoms with E-state index in [0.29, 0.717) is 0 Å². The highest BCUT2D eigenvalue weighted by Crippen LogP contribution is 2.04. The van der Waals surface area contributed by atoms with Gasteiger partial charge >= 0.3 is 0 Å². The van der Waals surface area contributed by atoms with Crippen molar-refractivity contribution in [1.29, 1.82) is 0 Å². The second-order valence-electron chi connectivity index (χ2n) is 1.46. The van der Waals surface area contributed by atoms with Gasteiger partial charge in [0, 0.05) is 12.9 Å². The zero-order valence-electron chi connectivity index (χ0n) is 5.26. The number of hydrogen-bond donors (Lipinski definition) is 1. The minimum Gasteiger partial charge on any atom is -0.384 e. The Morgan fingerprint density at radius 2 is 2.38 bits per heavy atom. The lowest BCUT2D eigenvalue weighted by atomic mass is 10.8. The SMILES string of the molecule is COCCSC(C)O. The fourth-order valence-corrected chi connectivity index (χ4v) is 0.906. The Hall–Kier alpha value is 0.270. The average molecular weight is 136 g/mol. The van der Waals surface area contributed by atoms with Gasteiger partial charge in [0.05, 0.1) is 12.0 Å². The van der Waals surface area contributed by atoms with Gasteiger partial charge in [-0.05, 0) is 6.92 Å². The van der Waals surface area contributed by atoms with E-state index in [4.69, 9.17) is 9.84 Å². The summed E-state index contributed by atoms with van der Waals surface area (Å²) in [6.07, 6.45) is 0. The molecule has 8 heavy (non-hydrogen) atoms. The summed E-state index contributed by atoms with van der Waals surface area (Å²) in [5.74, 6) is 0.869. The fourth-order valence-electron chi connectivity index (χ4n) is 0.302. The molecule has 0 aliphatic carbocycles. The van der Waals surface area contributed by atoms with Crippen molar-refractivity contribution in [2.75, 3.05) is 19.5 Å². The lowest BCUT2D eigenvalue weighted by Gasteiger charge is -2.00. The molecule has 0 bridgehead atoms. The minimum absolute atomic E-state index is 0.259. The highest BCUT2D eigenvalue weighted by Gasteiger charge is 1.92. The number of rotatable bonds is 4. The Morgan fingerprint density at radius 1 is 1.75 bits per heavy atom. The molecule has 0 saturated heterocycles. The van der Waals surface area contributed by atoms with Crippen LogP contribution in [0.25, 0.3) is 0 Å². The summed E-state index contributed by atoms with van der Waals surface area (Å²) in [6, 6.07) is 0. The van der Waals surface area contributed by atoms with Gasteiger partial charge in [0.25, 0.3) is 0 Å². The minimum atomic E-state index is -0.259. The molecule has 0 aromatic carbocycles. The third kappa shape index (κ3) is 6.27. The summed E-state index contributed by atoms with van der Waals surface area (Å²) < 4.78 is 4.76. The van der Waals surface area contributed by atoms with Crippen LogP contribution in [0.15, 0.2) is 0 Å². The molecule has 1 atom stereocenters. The van der Waals surface area contributed by atoms with E-state index in [-0.39, 0.29) is 5.44 Å². The predicted octanol–water partition coefficient (Wildman–Crippen LogP) is 0.704.